The van der Waals surface area contributed by atoms with Crippen LogP contribution in [-0.2, 0) is 0 Å². The average molecular weight is 383 g/mol. The lowest BCUT2D eigenvalue weighted by molar-refractivity contribution is -0.0122. The minimum Gasteiger partial charge on any atom is -0.457 e. The van der Waals surface area contributed by atoms with Crippen LogP contribution in [0.25, 0.3) is 0 Å². The molecule has 1 aliphatic carbocycles. The quantitative estimate of drug-likeness (QED) is 0.623. The number of aromatic amines is 1. The van der Waals surface area contributed by atoms with Crippen LogP contribution in [0, 0.1) is 5.41 Å². The summed E-state index contributed by atoms with van der Waals surface area (Å²) < 4.78 is 5.74. The molecule has 2 aromatic rings. The molecule has 0 amide bonds. The highest BCUT2D eigenvalue weighted by molar-refractivity contribution is 5.83. The van der Waals surface area contributed by atoms with Crippen molar-refractivity contribution >= 4 is 12.0 Å². The molecule has 1 saturated heterocycles. The van der Waals surface area contributed by atoms with Crippen LogP contribution in [0.5, 0.6) is 6.01 Å². The Morgan fingerprint density at radius 2 is 2.04 bits per heavy atom. The fourth-order valence-electron chi connectivity index (χ4n) is 3.73. The van der Waals surface area contributed by atoms with E-state index in [4.69, 9.17) is 10.1 Å². The van der Waals surface area contributed by atoms with Gasteiger partial charge in [-0.1, -0.05) is 12.8 Å². The lowest BCUT2D eigenvalue weighted by atomic mass is 10.1. The van der Waals surface area contributed by atoms with E-state index in [-0.39, 0.29) is 23.3 Å². The summed E-state index contributed by atoms with van der Waals surface area (Å²) in [4.78, 5) is 30.3. The Bertz CT molecular complexity index is 874. The summed E-state index contributed by atoms with van der Waals surface area (Å²) in [5.41, 5.74) is 0.00671. The first-order valence-electron chi connectivity index (χ1n) is 9.73. The number of likely N-dealkylation sites (tertiary alicyclic amines) is 1. The Morgan fingerprint density at radius 1 is 1.32 bits per heavy atom. The van der Waals surface area contributed by atoms with Crippen molar-refractivity contribution in [1.82, 2.24) is 24.8 Å². The van der Waals surface area contributed by atoms with Crippen molar-refractivity contribution in [3.05, 3.63) is 40.2 Å². The second-order valence-corrected chi connectivity index (χ2v) is 7.38. The SMILES string of the molecule is CC(c1nc(NC2CCCC2)c(C=N)c(=O)[nH]1)N1CC(Oc2ncccn2)C1. The van der Waals surface area contributed by atoms with E-state index in [2.05, 4.69) is 30.2 Å². The minimum absolute atomic E-state index is 0.0218. The topological polar surface area (TPSA) is 120 Å². The lowest BCUT2D eigenvalue weighted by Gasteiger charge is -2.41. The maximum atomic E-state index is 12.5. The van der Waals surface area contributed by atoms with Crippen LogP contribution in [0.15, 0.2) is 23.3 Å². The highest BCUT2D eigenvalue weighted by atomic mass is 16.5. The van der Waals surface area contributed by atoms with Gasteiger partial charge in [-0.05, 0) is 25.8 Å². The molecule has 9 heteroatoms. The molecule has 148 valence electrons. The zero-order chi connectivity index (χ0) is 19.5. The van der Waals surface area contributed by atoms with Crippen LogP contribution in [-0.4, -0.2) is 56.3 Å². The van der Waals surface area contributed by atoms with Gasteiger partial charge < -0.3 is 20.4 Å². The van der Waals surface area contributed by atoms with E-state index in [1.165, 1.54) is 12.8 Å². The summed E-state index contributed by atoms with van der Waals surface area (Å²) in [5.74, 6) is 1.11. The molecule has 4 rings (SSSR count). The number of hydrogen-bond acceptors (Lipinski definition) is 8. The van der Waals surface area contributed by atoms with Gasteiger partial charge in [0.25, 0.3) is 5.56 Å². The average Bonchev–Trinajstić information content (AvgIpc) is 3.17. The van der Waals surface area contributed by atoms with Crippen LogP contribution < -0.4 is 15.6 Å². The van der Waals surface area contributed by atoms with Gasteiger partial charge in [0.15, 0.2) is 0 Å². The van der Waals surface area contributed by atoms with E-state index in [1.807, 2.05) is 6.92 Å². The molecular weight excluding hydrogens is 358 g/mol. The summed E-state index contributed by atoms with van der Waals surface area (Å²) in [6, 6.07) is 2.39. The smallest absolute Gasteiger partial charge is 0.316 e. The maximum absolute atomic E-state index is 12.5. The monoisotopic (exact) mass is 383 g/mol. The van der Waals surface area contributed by atoms with E-state index in [0.29, 0.717) is 36.8 Å². The lowest BCUT2D eigenvalue weighted by Crippen LogP contribution is -2.55. The van der Waals surface area contributed by atoms with Crippen molar-refractivity contribution in [2.75, 3.05) is 18.4 Å². The number of nitrogens with one attached hydrogen (secondary N) is 3. The predicted octanol–water partition coefficient (Wildman–Crippen LogP) is 1.74. The first kappa shape index (κ1) is 18.5. The number of H-pyrrole nitrogens is 1. The van der Waals surface area contributed by atoms with Crippen molar-refractivity contribution in [2.24, 2.45) is 0 Å². The minimum atomic E-state index is -0.279. The van der Waals surface area contributed by atoms with Gasteiger partial charge in [-0.3, -0.25) is 9.69 Å². The van der Waals surface area contributed by atoms with E-state index in [0.717, 1.165) is 19.1 Å². The zero-order valence-corrected chi connectivity index (χ0v) is 15.9. The van der Waals surface area contributed by atoms with Crippen LogP contribution in [0.2, 0.25) is 0 Å². The number of hydrogen-bond donors (Lipinski definition) is 3. The van der Waals surface area contributed by atoms with E-state index < -0.39 is 0 Å². The molecule has 28 heavy (non-hydrogen) atoms. The number of nitrogens with zero attached hydrogens (tertiary/aromatic N) is 4. The third-order valence-electron chi connectivity index (χ3n) is 5.45. The van der Waals surface area contributed by atoms with Crippen LogP contribution in [0.1, 0.15) is 50.0 Å². The predicted molar refractivity (Wildman–Crippen MR) is 105 cm³/mol. The van der Waals surface area contributed by atoms with E-state index in [9.17, 15) is 4.79 Å². The fourth-order valence-corrected chi connectivity index (χ4v) is 3.73. The Balaban J connectivity index is 1.44. The van der Waals surface area contributed by atoms with Crippen molar-refractivity contribution < 1.29 is 4.74 Å². The standard InChI is InChI=1S/C19H25N7O2/c1-12(26-10-14(11-26)28-19-21-7-4-8-22-19)16-24-17(15(9-20)18(27)25-16)23-13-5-2-3-6-13/h4,7-9,12-14,20H,2-3,5-6,10-11H2,1H3,(H2,23,24,25,27). The first-order valence-corrected chi connectivity index (χ1v) is 9.73. The number of aromatic nitrogens is 4. The van der Waals surface area contributed by atoms with Gasteiger partial charge in [0.1, 0.15) is 17.7 Å². The third kappa shape index (κ3) is 3.89. The summed E-state index contributed by atoms with van der Waals surface area (Å²) in [6.45, 7) is 3.43. The number of anilines is 1. The molecule has 2 aromatic heterocycles. The second-order valence-electron chi connectivity index (χ2n) is 7.38. The van der Waals surface area contributed by atoms with Gasteiger partial charge in [-0.15, -0.1) is 0 Å². The molecule has 1 aliphatic heterocycles. The molecule has 1 unspecified atom stereocenters. The van der Waals surface area contributed by atoms with Crippen molar-refractivity contribution in [1.29, 1.82) is 5.41 Å². The molecular formula is C19H25N7O2. The third-order valence-corrected chi connectivity index (χ3v) is 5.45. The van der Waals surface area contributed by atoms with Crippen LogP contribution in [0.3, 0.4) is 0 Å². The van der Waals surface area contributed by atoms with Gasteiger partial charge in [0.2, 0.25) is 0 Å². The van der Waals surface area contributed by atoms with Gasteiger partial charge in [0, 0.05) is 37.7 Å². The number of ether oxygens (including phenoxy) is 1. The summed E-state index contributed by atoms with van der Waals surface area (Å²) in [7, 11) is 0. The molecule has 1 atom stereocenters. The molecule has 0 aromatic carbocycles. The molecule has 3 heterocycles. The molecule has 3 N–H and O–H groups in total. The molecule has 0 bridgehead atoms. The molecule has 9 nitrogen and oxygen atoms in total. The highest BCUT2D eigenvalue weighted by Gasteiger charge is 2.34. The van der Waals surface area contributed by atoms with Gasteiger partial charge >= 0.3 is 6.01 Å². The summed E-state index contributed by atoms with van der Waals surface area (Å²) in [6.07, 6.45) is 8.92. The fraction of sp³-hybridized carbons (Fsp3) is 0.526. The Morgan fingerprint density at radius 3 is 2.71 bits per heavy atom. The summed E-state index contributed by atoms with van der Waals surface area (Å²) in [5, 5.41) is 10.9. The first-order chi connectivity index (χ1) is 13.6. The van der Waals surface area contributed by atoms with Crippen molar-refractivity contribution in [3.63, 3.8) is 0 Å². The van der Waals surface area contributed by atoms with E-state index in [1.54, 1.807) is 18.5 Å². The highest BCUT2D eigenvalue weighted by Crippen LogP contribution is 2.26. The normalized spacial score (nSPS) is 19.2. The van der Waals surface area contributed by atoms with Crippen LogP contribution in [0.4, 0.5) is 5.82 Å². The van der Waals surface area contributed by atoms with Gasteiger partial charge in [-0.2, -0.15) is 0 Å². The van der Waals surface area contributed by atoms with Crippen LogP contribution >= 0.6 is 0 Å². The largest absolute Gasteiger partial charge is 0.457 e. The molecule has 0 spiro atoms. The molecule has 2 aliphatic rings. The van der Waals surface area contributed by atoms with Crippen molar-refractivity contribution in [3.8, 4) is 6.01 Å². The zero-order valence-electron chi connectivity index (χ0n) is 15.9. The molecule has 0 radical (unpaired) electrons. The Hall–Kier alpha value is -2.81. The second kappa shape index (κ2) is 8.05. The Labute approximate surface area is 163 Å². The number of rotatable bonds is 7. The molecule has 1 saturated carbocycles. The molecule has 2 fully saturated rings. The maximum Gasteiger partial charge on any atom is 0.316 e. The Kier molecular flexibility index (Phi) is 5.34. The van der Waals surface area contributed by atoms with Gasteiger partial charge in [0.05, 0.1) is 11.6 Å². The summed E-state index contributed by atoms with van der Waals surface area (Å²) >= 11 is 0. The van der Waals surface area contributed by atoms with Crippen molar-refractivity contribution in [2.45, 2.75) is 50.8 Å². The van der Waals surface area contributed by atoms with E-state index >= 15 is 0 Å². The van der Waals surface area contributed by atoms with Gasteiger partial charge in [-0.25, -0.2) is 15.0 Å².